The monoisotopic (exact) mass is 442 g/mol. The molecule has 0 spiro atoms. The lowest BCUT2D eigenvalue weighted by Gasteiger charge is -2.12. The molecule has 2 amide bonds. The van der Waals surface area contributed by atoms with Crippen molar-refractivity contribution in [3.8, 4) is 5.75 Å². The smallest absolute Gasteiger partial charge is 0.344 e. The van der Waals surface area contributed by atoms with Gasteiger partial charge in [0.15, 0.2) is 6.61 Å². The molecule has 0 atom stereocenters. The van der Waals surface area contributed by atoms with E-state index in [1.807, 2.05) is 0 Å². The average molecular weight is 442 g/mol. The SMILES string of the molecule is CCOC(=O)COc1ccc(/C=C2\SC(=O)N(Cc3ccccc3[N+](=O)[O-])C2=O)cc1. The first-order valence-electron chi connectivity index (χ1n) is 9.25. The highest BCUT2D eigenvalue weighted by atomic mass is 32.2. The van der Waals surface area contributed by atoms with Crippen LogP contribution in [0.15, 0.2) is 53.4 Å². The van der Waals surface area contributed by atoms with Crippen LogP contribution < -0.4 is 4.74 Å². The van der Waals surface area contributed by atoms with Gasteiger partial charge in [-0.3, -0.25) is 24.6 Å². The van der Waals surface area contributed by atoms with Gasteiger partial charge in [0.1, 0.15) is 5.75 Å². The number of esters is 1. The third-order valence-electron chi connectivity index (χ3n) is 4.23. The summed E-state index contributed by atoms with van der Waals surface area (Å²) in [6.07, 6.45) is 1.55. The summed E-state index contributed by atoms with van der Waals surface area (Å²) in [4.78, 5) is 48.2. The Bertz CT molecular complexity index is 1050. The summed E-state index contributed by atoms with van der Waals surface area (Å²) in [5.41, 5.74) is 0.780. The van der Waals surface area contributed by atoms with Crippen LogP contribution in [-0.2, 0) is 20.9 Å². The maximum Gasteiger partial charge on any atom is 0.344 e. The maximum atomic E-state index is 12.7. The van der Waals surface area contributed by atoms with Crippen LogP contribution in [-0.4, -0.2) is 40.2 Å². The van der Waals surface area contributed by atoms with Crippen molar-refractivity contribution >= 4 is 40.6 Å². The third kappa shape index (κ3) is 5.48. The van der Waals surface area contributed by atoms with Crippen LogP contribution in [0.5, 0.6) is 5.75 Å². The number of thioether (sulfide) groups is 1. The Balaban J connectivity index is 1.69. The molecule has 0 N–H and O–H groups in total. The molecule has 10 heteroatoms. The minimum atomic E-state index is -0.546. The topological polar surface area (TPSA) is 116 Å². The Morgan fingerprint density at radius 3 is 2.55 bits per heavy atom. The highest BCUT2D eigenvalue weighted by Gasteiger charge is 2.36. The predicted octanol–water partition coefficient (Wildman–Crippen LogP) is 3.77. The van der Waals surface area contributed by atoms with Gasteiger partial charge in [-0.2, -0.15) is 0 Å². The number of para-hydroxylation sites is 1. The summed E-state index contributed by atoms with van der Waals surface area (Å²) in [5, 5.41) is 10.7. The van der Waals surface area contributed by atoms with E-state index in [9.17, 15) is 24.5 Å². The first-order chi connectivity index (χ1) is 14.9. The van der Waals surface area contributed by atoms with Crippen molar-refractivity contribution in [2.75, 3.05) is 13.2 Å². The molecule has 0 aliphatic carbocycles. The van der Waals surface area contributed by atoms with Crippen LogP contribution in [0.1, 0.15) is 18.1 Å². The van der Waals surface area contributed by atoms with Gasteiger partial charge in [-0.25, -0.2) is 4.79 Å². The molecule has 1 saturated heterocycles. The highest BCUT2D eigenvalue weighted by Crippen LogP contribution is 2.34. The average Bonchev–Trinajstić information content (AvgIpc) is 3.01. The number of carbonyl (C=O) groups excluding carboxylic acids is 3. The molecule has 1 fully saturated rings. The minimum absolute atomic E-state index is 0.149. The summed E-state index contributed by atoms with van der Waals surface area (Å²) in [6, 6.07) is 12.6. The van der Waals surface area contributed by atoms with Gasteiger partial charge in [-0.05, 0) is 42.5 Å². The lowest BCUT2D eigenvalue weighted by Crippen LogP contribution is -2.27. The number of benzene rings is 2. The number of imide groups is 1. The highest BCUT2D eigenvalue weighted by molar-refractivity contribution is 8.18. The maximum absolute atomic E-state index is 12.7. The Morgan fingerprint density at radius 1 is 1.16 bits per heavy atom. The second-order valence-electron chi connectivity index (χ2n) is 6.32. The van der Waals surface area contributed by atoms with Crippen molar-refractivity contribution in [1.29, 1.82) is 0 Å². The molecule has 2 aromatic rings. The Kier molecular flexibility index (Phi) is 7.03. The van der Waals surface area contributed by atoms with Crippen LogP contribution >= 0.6 is 11.8 Å². The van der Waals surface area contributed by atoms with E-state index in [1.54, 1.807) is 43.3 Å². The fourth-order valence-electron chi connectivity index (χ4n) is 2.79. The van der Waals surface area contributed by atoms with Crippen LogP contribution in [0.3, 0.4) is 0 Å². The number of ether oxygens (including phenoxy) is 2. The molecule has 0 unspecified atom stereocenters. The van der Waals surface area contributed by atoms with Crippen molar-refractivity contribution in [3.63, 3.8) is 0 Å². The molecule has 2 aromatic carbocycles. The van der Waals surface area contributed by atoms with E-state index in [-0.39, 0.29) is 35.9 Å². The quantitative estimate of drug-likeness (QED) is 0.262. The number of hydrogen-bond acceptors (Lipinski definition) is 8. The lowest BCUT2D eigenvalue weighted by molar-refractivity contribution is -0.385. The first-order valence-corrected chi connectivity index (χ1v) is 10.1. The second-order valence-corrected chi connectivity index (χ2v) is 7.31. The molecule has 31 heavy (non-hydrogen) atoms. The molecule has 160 valence electrons. The van der Waals surface area contributed by atoms with Crippen LogP contribution in [0.4, 0.5) is 10.5 Å². The van der Waals surface area contributed by atoms with Gasteiger partial charge in [0.2, 0.25) is 0 Å². The molecular weight excluding hydrogens is 424 g/mol. The van der Waals surface area contributed by atoms with E-state index in [2.05, 4.69) is 0 Å². The predicted molar refractivity (Wildman–Crippen MR) is 113 cm³/mol. The van der Waals surface area contributed by atoms with Crippen LogP contribution in [0, 0.1) is 10.1 Å². The molecule has 0 bridgehead atoms. The zero-order valence-corrected chi connectivity index (χ0v) is 17.3. The number of amides is 2. The van der Waals surface area contributed by atoms with E-state index in [0.29, 0.717) is 11.3 Å². The third-order valence-corrected chi connectivity index (χ3v) is 5.14. The summed E-state index contributed by atoms with van der Waals surface area (Å²) in [6.45, 7) is 1.58. The van der Waals surface area contributed by atoms with Crippen molar-refractivity contribution in [2.45, 2.75) is 13.5 Å². The number of hydrogen-bond donors (Lipinski definition) is 0. The lowest BCUT2D eigenvalue weighted by atomic mass is 10.1. The molecule has 9 nitrogen and oxygen atoms in total. The number of nitrogens with zero attached hydrogens (tertiary/aromatic N) is 2. The van der Waals surface area contributed by atoms with Gasteiger partial charge in [0.25, 0.3) is 16.8 Å². The number of nitro groups is 1. The molecule has 3 rings (SSSR count). The van der Waals surface area contributed by atoms with Gasteiger partial charge in [0, 0.05) is 11.6 Å². The van der Waals surface area contributed by atoms with Gasteiger partial charge in [0.05, 0.1) is 23.0 Å². The molecular formula is C21H18N2O7S. The number of rotatable bonds is 8. The molecule has 0 saturated carbocycles. The normalized spacial score (nSPS) is 14.7. The van der Waals surface area contributed by atoms with E-state index < -0.39 is 22.0 Å². The zero-order chi connectivity index (χ0) is 22.4. The van der Waals surface area contributed by atoms with Crippen molar-refractivity contribution in [3.05, 3.63) is 74.7 Å². The second kappa shape index (κ2) is 9.90. The van der Waals surface area contributed by atoms with E-state index in [4.69, 9.17) is 9.47 Å². The number of nitro benzene ring substituents is 1. The van der Waals surface area contributed by atoms with Gasteiger partial charge >= 0.3 is 5.97 Å². The molecule has 1 heterocycles. The van der Waals surface area contributed by atoms with Gasteiger partial charge in [-0.15, -0.1) is 0 Å². The fourth-order valence-corrected chi connectivity index (χ4v) is 3.62. The molecule has 1 aliphatic rings. The zero-order valence-electron chi connectivity index (χ0n) is 16.5. The summed E-state index contributed by atoms with van der Waals surface area (Å²) in [5.74, 6) is -0.538. The summed E-state index contributed by atoms with van der Waals surface area (Å²) in [7, 11) is 0. The van der Waals surface area contributed by atoms with Crippen molar-refractivity contribution in [1.82, 2.24) is 4.90 Å². The summed E-state index contributed by atoms with van der Waals surface area (Å²) >= 11 is 0.770. The van der Waals surface area contributed by atoms with Crippen LogP contribution in [0.2, 0.25) is 0 Å². The molecule has 0 aromatic heterocycles. The van der Waals surface area contributed by atoms with Crippen LogP contribution in [0.25, 0.3) is 6.08 Å². The Hall–Kier alpha value is -3.66. The van der Waals surface area contributed by atoms with Gasteiger partial charge in [-0.1, -0.05) is 30.3 Å². The minimum Gasteiger partial charge on any atom is -0.482 e. The number of carbonyl (C=O) groups is 3. The molecule has 0 radical (unpaired) electrons. The molecule has 1 aliphatic heterocycles. The van der Waals surface area contributed by atoms with E-state index in [0.717, 1.165) is 16.7 Å². The van der Waals surface area contributed by atoms with E-state index in [1.165, 1.54) is 18.2 Å². The van der Waals surface area contributed by atoms with E-state index >= 15 is 0 Å². The Morgan fingerprint density at radius 2 is 1.87 bits per heavy atom. The summed E-state index contributed by atoms with van der Waals surface area (Å²) < 4.78 is 10.1. The standard InChI is InChI=1S/C21H18N2O7S/c1-2-29-19(24)13-30-16-9-7-14(8-10-16)11-18-20(25)22(21(26)31-18)12-15-5-3-4-6-17(15)23(27)28/h3-11H,2,12-13H2,1H3/b18-11-. The van der Waals surface area contributed by atoms with Gasteiger partial charge < -0.3 is 9.47 Å². The Labute approximate surface area is 181 Å². The van der Waals surface area contributed by atoms with Crippen molar-refractivity contribution < 1.29 is 28.8 Å². The largest absolute Gasteiger partial charge is 0.482 e. The first kappa shape index (κ1) is 22.0. The van der Waals surface area contributed by atoms with Crippen molar-refractivity contribution in [2.24, 2.45) is 0 Å². The fraction of sp³-hybridized carbons (Fsp3) is 0.190.